The normalized spacial score (nSPS) is 27.0. The highest BCUT2D eigenvalue weighted by Crippen LogP contribution is 2.60. The van der Waals surface area contributed by atoms with Gasteiger partial charge in [-0.15, -0.1) is 0 Å². The van der Waals surface area contributed by atoms with Crippen LogP contribution in [0.5, 0.6) is 5.75 Å². The van der Waals surface area contributed by atoms with Crippen LogP contribution in [0.25, 0.3) is 0 Å². The van der Waals surface area contributed by atoms with E-state index in [1.165, 1.54) is 54.6 Å². The Labute approximate surface area is 209 Å². The fourth-order valence-corrected chi connectivity index (χ4v) is 8.19. The van der Waals surface area contributed by atoms with Crippen molar-refractivity contribution in [2.24, 2.45) is 17.8 Å². The number of anilines is 2. The van der Waals surface area contributed by atoms with Crippen LogP contribution in [-0.2, 0) is 20.2 Å². The van der Waals surface area contributed by atoms with E-state index in [1.807, 2.05) is 12.1 Å². The number of nitrogens with zero attached hydrogens (tertiary/aromatic N) is 1. The van der Waals surface area contributed by atoms with Crippen molar-refractivity contribution >= 4 is 27.3 Å². The van der Waals surface area contributed by atoms with Gasteiger partial charge in [0.1, 0.15) is 5.75 Å². The first kappa shape index (κ1) is 24.2. The Morgan fingerprint density at radius 3 is 2.23 bits per heavy atom. The first-order valence-corrected chi connectivity index (χ1v) is 14.6. The quantitative estimate of drug-likeness (QED) is 0.508. The molecule has 0 aliphatic heterocycles. The molecule has 4 saturated carbocycles. The number of nitrogens with one attached hydrogen (secondary N) is 1. The third-order valence-corrected chi connectivity index (χ3v) is 9.52. The number of rotatable bonds is 9. The molecule has 6 nitrogen and oxygen atoms in total. The van der Waals surface area contributed by atoms with Crippen LogP contribution in [0.1, 0.15) is 56.9 Å². The molecule has 4 fully saturated rings. The molecule has 4 bridgehead atoms. The SMILES string of the molecule is COc1cccc(N(CCCC(=O)Nc2ccc(C34CC5CC(CC(C5)C3)C4)cc2)S(C)(=O)=O)c1. The minimum atomic E-state index is -3.48. The second-order valence-corrected chi connectivity index (χ2v) is 12.9. The largest absolute Gasteiger partial charge is 0.497 e. The van der Waals surface area contributed by atoms with Gasteiger partial charge in [0.2, 0.25) is 15.9 Å². The van der Waals surface area contributed by atoms with Gasteiger partial charge in [-0.05, 0) is 97.9 Å². The summed E-state index contributed by atoms with van der Waals surface area (Å²) < 4.78 is 31.2. The molecule has 2 aromatic carbocycles. The Morgan fingerprint density at radius 2 is 1.66 bits per heavy atom. The molecule has 4 aliphatic carbocycles. The molecule has 0 atom stereocenters. The smallest absolute Gasteiger partial charge is 0.232 e. The second kappa shape index (κ2) is 9.49. The molecule has 0 aromatic heterocycles. The van der Waals surface area contributed by atoms with Gasteiger partial charge in [0.05, 0.1) is 19.1 Å². The Balaban J connectivity index is 1.17. The first-order valence-electron chi connectivity index (χ1n) is 12.8. The van der Waals surface area contributed by atoms with E-state index in [2.05, 4.69) is 17.4 Å². The molecule has 7 heteroatoms. The maximum absolute atomic E-state index is 12.6. The highest BCUT2D eigenvalue weighted by atomic mass is 32.2. The third-order valence-electron chi connectivity index (χ3n) is 8.33. The lowest BCUT2D eigenvalue weighted by Gasteiger charge is -2.57. The van der Waals surface area contributed by atoms with Gasteiger partial charge in [-0.3, -0.25) is 9.10 Å². The molecule has 0 heterocycles. The van der Waals surface area contributed by atoms with Crippen LogP contribution in [0.3, 0.4) is 0 Å². The molecular weight excluding hydrogens is 460 g/mol. The lowest BCUT2D eigenvalue weighted by molar-refractivity contribution is -0.116. The Morgan fingerprint density at radius 1 is 1.03 bits per heavy atom. The lowest BCUT2D eigenvalue weighted by atomic mass is 9.48. The summed E-state index contributed by atoms with van der Waals surface area (Å²) in [4.78, 5) is 12.6. The summed E-state index contributed by atoms with van der Waals surface area (Å²) in [5.41, 5.74) is 3.13. The summed E-state index contributed by atoms with van der Waals surface area (Å²) >= 11 is 0. The number of carbonyl (C=O) groups is 1. The van der Waals surface area contributed by atoms with Crippen molar-refractivity contribution in [1.82, 2.24) is 0 Å². The van der Waals surface area contributed by atoms with E-state index in [0.717, 1.165) is 23.4 Å². The van der Waals surface area contributed by atoms with E-state index in [-0.39, 0.29) is 18.9 Å². The number of hydrogen-bond acceptors (Lipinski definition) is 4. The van der Waals surface area contributed by atoms with E-state index in [0.29, 0.717) is 23.3 Å². The van der Waals surface area contributed by atoms with Crippen molar-refractivity contribution in [3.05, 3.63) is 54.1 Å². The summed E-state index contributed by atoms with van der Waals surface area (Å²) in [5.74, 6) is 3.20. The van der Waals surface area contributed by atoms with Gasteiger partial charge in [-0.2, -0.15) is 0 Å². The van der Waals surface area contributed by atoms with Gasteiger partial charge in [0.15, 0.2) is 0 Å². The van der Waals surface area contributed by atoms with Crippen LogP contribution in [0, 0.1) is 17.8 Å². The average molecular weight is 497 g/mol. The van der Waals surface area contributed by atoms with Gasteiger partial charge in [-0.1, -0.05) is 18.2 Å². The highest BCUT2D eigenvalue weighted by molar-refractivity contribution is 7.92. The summed E-state index contributed by atoms with van der Waals surface area (Å²) in [6, 6.07) is 15.4. The summed E-state index contributed by atoms with van der Waals surface area (Å²) in [5, 5.41) is 2.99. The molecule has 0 saturated heterocycles. The minimum absolute atomic E-state index is 0.105. The molecule has 35 heavy (non-hydrogen) atoms. The second-order valence-electron chi connectivity index (χ2n) is 11.0. The lowest BCUT2D eigenvalue weighted by Crippen LogP contribution is -2.48. The number of methoxy groups -OCH3 is 1. The first-order chi connectivity index (χ1) is 16.7. The zero-order valence-electron chi connectivity index (χ0n) is 20.7. The fourth-order valence-electron chi connectivity index (χ4n) is 7.23. The van der Waals surface area contributed by atoms with Crippen molar-refractivity contribution in [1.29, 1.82) is 0 Å². The predicted molar refractivity (Wildman–Crippen MR) is 139 cm³/mol. The number of amides is 1. The molecule has 6 rings (SSSR count). The van der Waals surface area contributed by atoms with Crippen LogP contribution in [-0.4, -0.2) is 34.2 Å². The molecule has 0 radical (unpaired) electrons. The van der Waals surface area contributed by atoms with Crippen LogP contribution in [0.15, 0.2) is 48.5 Å². The summed E-state index contributed by atoms with van der Waals surface area (Å²) in [6.45, 7) is 0.227. The summed E-state index contributed by atoms with van der Waals surface area (Å²) in [6.07, 6.45) is 10.1. The zero-order valence-corrected chi connectivity index (χ0v) is 21.5. The van der Waals surface area contributed by atoms with Crippen molar-refractivity contribution in [2.45, 2.75) is 56.8 Å². The third kappa shape index (κ3) is 5.20. The highest BCUT2D eigenvalue weighted by Gasteiger charge is 2.51. The topological polar surface area (TPSA) is 75.7 Å². The number of carbonyl (C=O) groups excluding carboxylic acids is 1. The van der Waals surface area contributed by atoms with Crippen molar-refractivity contribution in [3.8, 4) is 5.75 Å². The van der Waals surface area contributed by atoms with E-state index < -0.39 is 10.0 Å². The van der Waals surface area contributed by atoms with E-state index in [1.54, 1.807) is 31.4 Å². The molecule has 1 amide bonds. The molecule has 188 valence electrons. The number of hydrogen-bond donors (Lipinski definition) is 1. The van der Waals surface area contributed by atoms with Crippen molar-refractivity contribution in [3.63, 3.8) is 0 Å². The predicted octanol–water partition coefficient (Wildman–Crippen LogP) is 5.35. The standard InChI is InChI=1S/C28H36N2O4S/c1-34-26-6-3-5-25(16-26)30(35(2,32)33)12-4-7-27(31)29-24-10-8-23(9-11-24)28-17-20-13-21(18-28)15-22(14-20)19-28/h3,5-6,8-11,16,20-22H,4,7,12-15,17-19H2,1-2H3,(H,29,31). The van der Waals surface area contributed by atoms with Crippen LogP contribution in [0.4, 0.5) is 11.4 Å². The fraction of sp³-hybridized carbons (Fsp3) is 0.536. The number of ether oxygens (including phenoxy) is 1. The average Bonchev–Trinajstić information content (AvgIpc) is 2.80. The number of benzene rings is 2. The Hall–Kier alpha value is -2.54. The Bertz CT molecular complexity index is 1140. The van der Waals surface area contributed by atoms with E-state index in [4.69, 9.17) is 4.74 Å². The molecule has 4 aliphatic rings. The van der Waals surface area contributed by atoms with Gasteiger partial charge in [0, 0.05) is 24.7 Å². The molecule has 2 aromatic rings. The maximum Gasteiger partial charge on any atom is 0.232 e. The van der Waals surface area contributed by atoms with Crippen molar-refractivity contribution < 1.29 is 17.9 Å². The molecule has 1 N–H and O–H groups in total. The molecular formula is C28H36N2O4S. The van der Waals surface area contributed by atoms with Crippen LogP contribution >= 0.6 is 0 Å². The molecule has 0 unspecified atom stereocenters. The van der Waals surface area contributed by atoms with Gasteiger partial charge >= 0.3 is 0 Å². The van der Waals surface area contributed by atoms with Crippen molar-refractivity contribution in [2.75, 3.05) is 29.5 Å². The minimum Gasteiger partial charge on any atom is -0.497 e. The Kier molecular flexibility index (Phi) is 6.55. The maximum atomic E-state index is 12.6. The van der Waals surface area contributed by atoms with Crippen LogP contribution < -0.4 is 14.4 Å². The number of sulfonamides is 1. The van der Waals surface area contributed by atoms with E-state index in [9.17, 15) is 13.2 Å². The molecule has 0 spiro atoms. The monoisotopic (exact) mass is 496 g/mol. The summed E-state index contributed by atoms with van der Waals surface area (Å²) in [7, 11) is -1.93. The van der Waals surface area contributed by atoms with Gasteiger partial charge in [-0.25, -0.2) is 8.42 Å². The van der Waals surface area contributed by atoms with Crippen LogP contribution in [0.2, 0.25) is 0 Å². The van der Waals surface area contributed by atoms with Gasteiger partial charge in [0.25, 0.3) is 0 Å². The van der Waals surface area contributed by atoms with Gasteiger partial charge < -0.3 is 10.1 Å². The van der Waals surface area contributed by atoms with E-state index >= 15 is 0 Å². The zero-order chi connectivity index (χ0) is 24.6.